The van der Waals surface area contributed by atoms with Gasteiger partial charge in [-0.15, -0.1) is 0 Å². The minimum absolute atomic E-state index is 0.0357. The molecule has 0 radical (unpaired) electrons. The molecule has 4 nitrogen and oxygen atoms in total. The van der Waals surface area contributed by atoms with E-state index in [2.05, 4.69) is 5.16 Å². The molecule has 0 spiro atoms. The first-order valence-corrected chi connectivity index (χ1v) is 4.76. The maximum atomic E-state index is 10.8. The average Bonchev–Trinajstić information content (AvgIpc) is 2.36. The second kappa shape index (κ2) is 3.36. The van der Waals surface area contributed by atoms with Gasteiger partial charge in [0.2, 0.25) is 0 Å². The van der Waals surface area contributed by atoms with Gasteiger partial charge >= 0.3 is 5.97 Å². The molecule has 0 saturated heterocycles. The molecule has 0 aromatic heterocycles. The molecule has 1 N–H and O–H groups in total. The summed E-state index contributed by atoms with van der Waals surface area (Å²) in [6.07, 6.45) is 5.30. The summed E-state index contributed by atoms with van der Waals surface area (Å²) in [4.78, 5) is 15.9. The number of rotatable bonds is 1. The number of fused-ring (bicyclic) bond motifs is 1. The van der Waals surface area contributed by atoms with Crippen LogP contribution >= 0.6 is 0 Å². The smallest absolute Gasteiger partial charge is 0.354 e. The topological polar surface area (TPSA) is 58.9 Å². The molecule has 0 aromatic rings. The zero-order valence-corrected chi connectivity index (χ0v) is 7.40. The predicted molar refractivity (Wildman–Crippen MR) is 46.5 cm³/mol. The number of hydrogen-bond donors (Lipinski definition) is 1. The maximum absolute atomic E-state index is 10.8. The van der Waals surface area contributed by atoms with E-state index in [0.29, 0.717) is 0 Å². The molecular weight excluding hydrogens is 170 g/mol. The lowest BCUT2D eigenvalue weighted by atomic mass is 9.93. The minimum atomic E-state index is -0.922. The van der Waals surface area contributed by atoms with E-state index < -0.39 is 5.97 Å². The molecule has 13 heavy (non-hydrogen) atoms. The highest BCUT2D eigenvalue weighted by Crippen LogP contribution is 2.31. The van der Waals surface area contributed by atoms with Crippen LogP contribution in [0.15, 0.2) is 5.16 Å². The summed E-state index contributed by atoms with van der Waals surface area (Å²) in [7, 11) is 0. The summed E-state index contributed by atoms with van der Waals surface area (Å²) >= 11 is 0. The Labute approximate surface area is 76.6 Å². The van der Waals surface area contributed by atoms with Gasteiger partial charge in [0.05, 0.1) is 5.92 Å². The van der Waals surface area contributed by atoms with Crippen molar-refractivity contribution in [1.29, 1.82) is 0 Å². The standard InChI is InChI=1S/C9H13NO3/c11-9(12)8-6-4-2-1-3-5-7(6)13-10-8/h6-7H,1-5H2,(H,11,12)/t6-,7-/m1/s1. The molecule has 2 atom stereocenters. The predicted octanol–water partition coefficient (Wildman–Crippen LogP) is 1.41. The Morgan fingerprint density at radius 3 is 2.92 bits per heavy atom. The zero-order chi connectivity index (χ0) is 9.26. The van der Waals surface area contributed by atoms with Crippen molar-refractivity contribution in [3.8, 4) is 0 Å². The van der Waals surface area contributed by atoms with Crippen molar-refractivity contribution < 1.29 is 14.7 Å². The van der Waals surface area contributed by atoms with E-state index in [1.165, 1.54) is 6.42 Å². The van der Waals surface area contributed by atoms with Crippen molar-refractivity contribution in [1.82, 2.24) is 0 Å². The molecule has 0 amide bonds. The van der Waals surface area contributed by atoms with Crippen molar-refractivity contribution in [2.24, 2.45) is 11.1 Å². The number of carbonyl (C=O) groups is 1. The Kier molecular flexibility index (Phi) is 2.20. The number of aliphatic carboxylic acids is 1. The highest BCUT2D eigenvalue weighted by atomic mass is 16.6. The molecule has 2 rings (SSSR count). The van der Waals surface area contributed by atoms with E-state index in [0.717, 1.165) is 25.7 Å². The van der Waals surface area contributed by atoms with Gasteiger partial charge in [-0.3, -0.25) is 0 Å². The van der Waals surface area contributed by atoms with Crippen LogP contribution in [-0.2, 0) is 9.63 Å². The Morgan fingerprint density at radius 1 is 1.38 bits per heavy atom. The summed E-state index contributed by atoms with van der Waals surface area (Å²) < 4.78 is 0. The Balaban J connectivity index is 2.12. The Morgan fingerprint density at radius 2 is 2.15 bits per heavy atom. The summed E-state index contributed by atoms with van der Waals surface area (Å²) in [5.41, 5.74) is 0.229. The first kappa shape index (κ1) is 8.53. The van der Waals surface area contributed by atoms with E-state index in [4.69, 9.17) is 9.94 Å². The lowest BCUT2D eigenvalue weighted by Gasteiger charge is -2.12. The number of carboxylic acids is 1. The second-order valence-electron chi connectivity index (χ2n) is 3.67. The third kappa shape index (κ3) is 1.53. The van der Waals surface area contributed by atoms with Crippen molar-refractivity contribution in [2.45, 2.75) is 38.2 Å². The largest absolute Gasteiger partial charge is 0.477 e. The monoisotopic (exact) mass is 183 g/mol. The molecule has 0 bridgehead atoms. The van der Waals surface area contributed by atoms with Gasteiger partial charge < -0.3 is 9.94 Å². The van der Waals surface area contributed by atoms with E-state index >= 15 is 0 Å². The summed E-state index contributed by atoms with van der Waals surface area (Å²) in [6, 6.07) is 0. The fourth-order valence-corrected chi connectivity index (χ4v) is 2.10. The van der Waals surface area contributed by atoms with Gasteiger partial charge in [-0.1, -0.05) is 18.0 Å². The first-order chi connectivity index (χ1) is 6.29. The van der Waals surface area contributed by atoms with Gasteiger partial charge in [0, 0.05) is 0 Å². The zero-order valence-electron chi connectivity index (χ0n) is 7.40. The van der Waals surface area contributed by atoms with Crippen LogP contribution in [0.3, 0.4) is 0 Å². The summed E-state index contributed by atoms with van der Waals surface area (Å²) in [6.45, 7) is 0. The quantitative estimate of drug-likeness (QED) is 0.668. The normalized spacial score (nSPS) is 32.8. The third-order valence-corrected chi connectivity index (χ3v) is 2.81. The SMILES string of the molecule is O=C(O)C1=NO[C@@H]2CCCCC[C@@H]12. The van der Waals surface area contributed by atoms with E-state index in [9.17, 15) is 4.79 Å². The van der Waals surface area contributed by atoms with Gasteiger partial charge in [0.15, 0.2) is 5.71 Å². The third-order valence-electron chi connectivity index (χ3n) is 2.81. The van der Waals surface area contributed by atoms with Crippen molar-refractivity contribution in [3.63, 3.8) is 0 Å². The molecule has 72 valence electrons. The number of nitrogens with zero attached hydrogens (tertiary/aromatic N) is 1. The molecule has 1 aliphatic heterocycles. The first-order valence-electron chi connectivity index (χ1n) is 4.76. The van der Waals surface area contributed by atoms with Crippen LogP contribution < -0.4 is 0 Å². The van der Waals surface area contributed by atoms with Crippen LogP contribution in [0, 0.1) is 5.92 Å². The van der Waals surface area contributed by atoms with Gasteiger partial charge in [-0.2, -0.15) is 0 Å². The van der Waals surface area contributed by atoms with Crippen LogP contribution in [-0.4, -0.2) is 22.9 Å². The van der Waals surface area contributed by atoms with E-state index in [1.807, 2.05) is 0 Å². The van der Waals surface area contributed by atoms with Crippen LogP contribution in [0.1, 0.15) is 32.1 Å². The van der Waals surface area contributed by atoms with E-state index in [-0.39, 0.29) is 17.7 Å². The Hall–Kier alpha value is -1.06. The van der Waals surface area contributed by atoms with Crippen LogP contribution in [0.25, 0.3) is 0 Å². The number of oxime groups is 1. The molecule has 1 saturated carbocycles. The van der Waals surface area contributed by atoms with Crippen molar-refractivity contribution >= 4 is 11.7 Å². The van der Waals surface area contributed by atoms with E-state index in [1.54, 1.807) is 0 Å². The molecule has 1 aliphatic carbocycles. The minimum Gasteiger partial charge on any atom is -0.477 e. The molecule has 1 heterocycles. The highest BCUT2D eigenvalue weighted by molar-refractivity contribution is 6.36. The molecular formula is C9H13NO3. The lowest BCUT2D eigenvalue weighted by molar-refractivity contribution is -0.129. The van der Waals surface area contributed by atoms with Gasteiger partial charge in [-0.25, -0.2) is 4.79 Å². The maximum Gasteiger partial charge on any atom is 0.354 e. The van der Waals surface area contributed by atoms with Gasteiger partial charge in [0.1, 0.15) is 6.10 Å². The molecule has 4 heteroatoms. The molecule has 0 unspecified atom stereocenters. The highest BCUT2D eigenvalue weighted by Gasteiger charge is 2.38. The average molecular weight is 183 g/mol. The molecule has 2 aliphatic rings. The summed E-state index contributed by atoms with van der Waals surface area (Å²) in [5, 5.41) is 12.5. The van der Waals surface area contributed by atoms with Crippen molar-refractivity contribution in [2.75, 3.05) is 0 Å². The number of carboxylic acid groups (broad SMARTS) is 1. The van der Waals surface area contributed by atoms with Crippen LogP contribution in [0.4, 0.5) is 0 Å². The lowest BCUT2D eigenvalue weighted by Crippen LogP contribution is -2.27. The van der Waals surface area contributed by atoms with Crippen LogP contribution in [0.5, 0.6) is 0 Å². The Bertz CT molecular complexity index is 249. The fraction of sp³-hybridized carbons (Fsp3) is 0.778. The van der Waals surface area contributed by atoms with Crippen molar-refractivity contribution in [3.05, 3.63) is 0 Å². The second-order valence-corrected chi connectivity index (χ2v) is 3.67. The molecule has 1 fully saturated rings. The fourth-order valence-electron chi connectivity index (χ4n) is 2.10. The summed E-state index contributed by atoms with van der Waals surface area (Å²) in [5.74, 6) is -0.880. The molecule has 0 aromatic carbocycles. The number of hydrogen-bond acceptors (Lipinski definition) is 3. The van der Waals surface area contributed by atoms with Gasteiger partial charge in [-0.05, 0) is 19.3 Å². The van der Waals surface area contributed by atoms with Crippen LogP contribution in [0.2, 0.25) is 0 Å². The van der Waals surface area contributed by atoms with Gasteiger partial charge in [0.25, 0.3) is 0 Å².